The number of esters is 1. The number of amides is 2. The van der Waals surface area contributed by atoms with Crippen molar-refractivity contribution >= 4 is 23.7 Å². The van der Waals surface area contributed by atoms with Gasteiger partial charge < -0.3 is 20.1 Å². The highest BCUT2D eigenvalue weighted by molar-refractivity contribution is 5.93. The predicted molar refractivity (Wildman–Crippen MR) is 168 cm³/mol. The Morgan fingerprint density at radius 3 is 2.14 bits per heavy atom. The molecule has 2 N–H and O–H groups in total. The van der Waals surface area contributed by atoms with Gasteiger partial charge in [-0.05, 0) is 83.4 Å². The van der Waals surface area contributed by atoms with Crippen molar-refractivity contribution in [2.24, 2.45) is 11.8 Å². The van der Waals surface area contributed by atoms with Crippen LogP contribution in [0.25, 0.3) is 22.4 Å². The summed E-state index contributed by atoms with van der Waals surface area (Å²) < 4.78 is 10.3. The van der Waals surface area contributed by atoms with Gasteiger partial charge in [-0.15, -0.1) is 0 Å². The minimum atomic E-state index is -0.650. The molecule has 3 aromatic rings. The van der Waals surface area contributed by atoms with Crippen molar-refractivity contribution in [3.05, 3.63) is 72.4 Å². The fourth-order valence-electron chi connectivity index (χ4n) is 5.52. The Balaban J connectivity index is 1.50. The van der Waals surface area contributed by atoms with Gasteiger partial charge >= 0.3 is 12.1 Å². The Hall–Kier alpha value is -4.20. The van der Waals surface area contributed by atoms with Gasteiger partial charge in [-0.1, -0.05) is 54.6 Å². The molecule has 1 fully saturated rings. The molecule has 1 aromatic heterocycles. The van der Waals surface area contributed by atoms with E-state index in [9.17, 15) is 14.4 Å². The van der Waals surface area contributed by atoms with E-state index in [1.54, 1.807) is 6.20 Å². The third-order valence-electron chi connectivity index (χ3n) is 7.81. The zero-order valence-corrected chi connectivity index (χ0v) is 26.0. The summed E-state index contributed by atoms with van der Waals surface area (Å²) in [4.78, 5) is 42.0. The zero-order chi connectivity index (χ0) is 31.2. The number of pyridine rings is 1. The number of hydrogen-bond acceptors (Lipinski definition) is 6. The predicted octanol–water partition coefficient (Wildman–Crippen LogP) is 7.48. The Bertz CT molecular complexity index is 1420. The molecule has 0 atom stereocenters. The van der Waals surface area contributed by atoms with Crippen LogP contribution < -0.4 is 10.6 Å². The van der Waals surface area contributed by atoms with E-state index in [0.717, 1.165) is 53.6 Å². The zero-order valence-electron chi connectivity index (χ0n) is 26.0. The van der Waals surface area contributed by atoms with Gasteiger partial charge in [0.25, 0.3) is 0 Å². The van der Waals surface area contributed by atoms with E-state index in [-0.39, 0.29) is 23.7 Å². The standard InChI is InChI=1S/C35H43N3O5/c1-34(2,3)43-33(41)38-35(4,5)27-18-16-25(17-19-27)31-29(24-10-8-7-9-11-24)21-28(22-36-31)37-30(39)20-23-12-14-26(15-13-23)32(40)42-6/h7-11,16-19,21-23,26H,12-15,20H2,1-6H3,(H,37,39)(H,38,41). The van der Waals surface area contributed by atoms with Crippen molar-refractivity contribution in [2.75, 3.05) is 12.4 Å². The molecule has 0 saturated heterocycles. The molecule has 0 radical (unpaired) electrons. The summed E-state index contributed by atoms with van der Waals surface area (Å²) in [5.41, 5.74) is 3.91. The maximum Gasteiger partial charge on any atom is 0.408 e. The molecule has 0 aliphatic heterocycles. The van der Waals surface area contributed by atoms with Gasteiger partial charge in [-0.3, -0.25) is 14.6 Å². The maximum atomic E-state index is 13.0. The molecule has 1 saturated carbocycles. The lowest BCUT2D eigenvalue weighted by Crippen LogP contribution is -2.43. The van der Waals surface area contributed by atoms with E-state index in [0.29, 0.717) is 12.1 Å². The summed E-state index contributed by atoms with van der Waals surface area (Å²) in [7, 11) is 1.42. The summed E-state index contributed by atoms with van der Waals surface area (Å²) in [6.45, 7) is 9.37. The SMILES string of the molecule is COC(=O)C1CCC(CC(=O)Nc2cnc(-c3ccc(C(C)(C)NC(=O)OC(C)(C)C)cc3)c(-c3ccccc3)c2)CC1. The number of anilines is 1. The van der Waals surface area contributed by atoms with Crippen LogP contribution in [-0.2, 0) is 24.6 Å². The van der Waals surface area contributed by atoms with Gasteiger partial charge in [-0.2, -0.15) is 0 Å². The number of methoxy groups -OCH3 is 1. The van der Waals surface area contributed by atoms with E-state index in [2.05, 4.69) is 10.6 Å². The Morgan fingerprint density at radius 1 is 0.884 bits per heavy atom. The third kappa shape index (κ3) is 8.66. The molecule has 2 amide bonds. The largest absolute Gasteiger partial charge is 0.469 e. The molecule has 1 aliphatic rings. The van der Waals surface area contributed by atoms with E-state index in [4.69, 9.17) is 14.5 Å². The number of hydrogen-bond donors (Lipinski definition) is 2. The summed E-state index contributed by atoms with van der Waals surface area (Å²) >= 11 is 0. The van der Waals surface area contributed by atoms with Gasteiger partial charge in [0.05, 0.1) is 36.1 Å². The first-order chi connectivity index (χ1) is 20.3. The number of nitrogens with one attached hydrogen (secondary N) is 2. The molecular formula is C35H43N3O5. The van der Waals surface area contributed by atoms with E-state index in [1.807, 2.05) is 95.3 Å². The Kier molecular flexibility index (Phi) is 9.89. The summed E-state index contributed by atoms with van der Waals surface area (Å²) in [6.07, 6.45) is 4.80. The average molecular weight is 586 g/mol. The first-order valence-electron chi connectivity index (χ1n) is 14.9. The second kappa shape index (κ2) is 13.4. The Morgan fingerprint density at radius 2 is 1.53 bits per heavy atom. The van der Waals surface area contributed by atoms with Gasteiger partial charge in [0, 0.05) is 17.5 Å². The van der Waals surface area contributed by atoms with Gasteiger partial charge in [0.2, 0.25) is 5.91 Å². The number of carbonyl (C=O) groups excluding carboxylic acids is 3. The van der Waals surface area contributed by atoms with Crippen LogP contribution in [0.1, 0.15) is 72.3 Å². The van der Waals surface area contributed by atoms with Crippen LogP contribution in [0.2, 0.25) is 0 Å². The molecule has 0 spiro atoms. The van der Waals surface area contributed by atoms with Crippen LogP contribution in [0.15, 0.2) is 66.9 Å². The number of alkyl carbamates (subject to hydrolysis) is 1. The fourth-order valence-corrected chi connectivity index (χ4v) is 5.52. The minimum Gasteiger partial charge on any atom is -0.469 e. The molecule has 4 rings (SSSR count). The molecule has 2 aromatic carbocycles. The van der Waals surface area contributed by atoms with Crippen LogP contribution in [0.3, 0.4) is 0 Å². The number of nitrogens with zero attached hydrogens (tertiary/aromatic N) is 1. The van der Waals surface area contributed by atoms with Crippen molar-refractivity contribution in [3.63, 3.8) is 0 Å². The second-order valence-electron chi connectivity index (χ2n) is 12.8. The van der Waals surface area contributed by atoms with Gasteiger partial charge in [0.15, 0.2) is 0 Å². The molecule has 8 nitrogen and oxygen atoms in total. The maximum absolute atomic E-state index is 13.0. The molecule has 0 unspecified atom stereocenters. The van der Waals surface area contributed by atoms with E-state index >= 15 is 0 Å². The molecule has 228 valence electrons. The van der Waals surface area contributed by atoms with Crippen LogP contribution in [0, 0.1) is 11.8 Å². The molecule has 1 heterocycles. The number of ether oxygens (including phenoxy) is 2. The normalized spacial score (nSPS) is 17.1. The van der Waals surface area contributed by atoms with Crippen LogP contribution in [-0.4, -0.2) is 35.7 Å². The fraction of sp³-hybridized carbons (Fsp3) is 0.429. The quantitative estimate of drug-likeness (QED) is 0.265. The molecule has 8 heteroatoms. The monoisotopic (exact) mass is 585 g/mol. The highest BCUT2D eigenvalue weighted by atomic mass is 16.6. The molecule has 1 aliphatic carbocycles. The summed E-state index contributed by atoms with van der Waals surface area (Å²) in [6, 6.07) is 19.9. The highest BCUT2D eigenvalue weighted by Crippen LogP contribution is 2.35. The summed E-state index contributed by atoms with van der Waals surface area (Å²) in [5, 5.41) is 5.99. The molecular weight excluding hydrogens is 542 g/mol. The number of carbonyl (C=O) groups is 3. The topological polar surface area (TPSA) is 107 Å². The third-order valence-corrected chi connectivity index (χ3v) is 7.81. The first kappa shape index (κ1) is 31.7. The number of benzene rings is 2. The smallest absolute Gasteiger partial charge is 0.408 e. The summed E-state index contributed by atoms with van der Waals surface area (Å²) in [5.74, 6) is -0.0253. The number of aromatic nitrogens is 1. The highest BCUT2D eigenvalue weighted by Gasteiger charge is 2.29. The van der Waals surface area contributed by atoms with Crippen LogP contribution >= 0.6 is 0 Å². The lowest BCUT2D eigenvalue weighted by molar-refractivity contribution is -0.146. The minimum absolute atomic E-state index is 0.0563. The molecule has 43 heavy (non-hydrogen) atoms. The van der Waals surface area contributed by atoms with Gasteiger partial charge in [-0.25, -0.2) is 4.79 Å². The average Bonchev–Trinajstić information content (AvgIpc) is 2.96. The van der Waals surface area contributed by atoms with Crippen LogP contribution in [0.5, 0.6) is 0 Å². The van der Waals surface area contributed by atoms with E-state index in [1.165, 1.54) is 7.11 Å². The number of rotatable bonds is 8. The lowest BCUT2D eigenvalue weighted by atomic mass is 9.80. The van der Waals surface area contributed by atoms with Crippen molar-refractivity contribution in [1.82, 2.24) is 10.3 Å². The first-order valence-corrected chi connectivity index (χ1v) is 14.9. The van der Waals surface area contributed by atoms with Crippen molar-refractivity contribution in [3.8, 4) is 22.4 Å². The van der Waals surface area contributed by atoms with Gasteiger partial charge in [0.1, 0.15) is 5.60 Å². The van der Waals surface area contributed by atoms with Crippen molar-refractivity contribution in [2.45, 2.75) is 77.9 Å². The van der Waals surface area contributed by atoms with Crippen molar-refractivity contribution < 1.29 is 23.9 Å². The molecule has 0 bridgehead atoms. The van der Waals surface area contributed by atoms with Crippen molar-refractivity contribution in [1.29, 1.82) is 0 Å². The van der Waals surface area contributed by atoms with Crippen LogP contribution in [0.4, 0.5) is 10.5 Å². The lowest BCUT2D eigenvalue weighted by Gasteiger charge is -2.29. The van der Waals surface area contributed by atoms with E-state index < -0.39 is 17.2 Å². The Labute approximate surface area is 254 Å². The second-order valence-corrected chi connectivity index (χ2v) is 12.8.